The Balaban J connectivity index is 2.11. The molecule has 0 bridgehead atoms. The number of aliphatic hydroxyl groups is 1. The molecule has 0 amide bonds. The number of nitrogens with zero attached hydrogens (tertiary/aromatic N) is 1. The maximum absolute atomic E-state index is 8.86. The lowest BCUT2D eigenvalue weighted by atomic mass is 10.3. The number of para-hydroxylation sites is 1. The second-order valence-electron chi connectivity index (χ2n) is 2.78. The average molecular weight is 206 g/mol. The predicted molar refractivity (Wildman–Crippen MR) is 57.8 cm³/mol. The van der Waals surface area contributed by atoms with Crippen LogP contribution < -0.4 is 5.32 Å². The van der Waals surface area contributed by atoms with Crippen LogP contribution in [0.15, 0.2) is 36.5 Å². The van der Waals surface area contributed by atoms with E-state index in [0.29, 0.717) is 0 Å². The van der Waals surface area contributed by atoms with Crippen molar-refractivity contribution < 1.29 is 5.11 Å². The lowest BCUT2D eigenvalue weighted by Crippen LogP contribution is -1.87. The monoisotopic (exact) mass is 206 g/mol. The van der Waals surface area contributed by atoms with E-state index in [9.17, 15) is 0 Å². The number of nitrogens with one attached hydrogen (secondary N) is 1. The maximum atomic E-state index is 8.86. The summed E-state index contributed by atoms with van der Waals surface area (Å²) in [5, 5.41) is 12.8. The Morgan fingerprint density at radius 2 is 2.07 bits per heavy atom. The van der Waals surface area contributed by atoms with Crippen molar-refractivity contribution >= 4 is 22.2 Å². The maximum Gasteiger partial charge on any atom is 0.187 e. The molecule has 0 aliphatic rings. The number of benzene rings is 1. The van der Waals surface area contributed by atoms with Gasteiger partial charge in [0.05, 0.1) is 11.5 Å². The van der Waals surface area contributed by atoms with Crippen molar-refractivity contribution in [3.63, 3.8) is 0 Å². The van der Waals surface area contributed by atoms with Gasteiger partial charge in [-0.3, -0.25) is 0 Å². The van der Waals surface area contributed by atoms with Crippen molar-refractivity contribution in [1.82, 2.24) is 4.98 Å². The van der Waals surface area contributed by atoms with E-state index >= 15 is 0 Å². The van der Waals surface area contributed by atoms with Gasteiger partial charge in [0.15, 0.2) is 5.13 Å². The first-order chi connectivity index (χ1) is 6.88. The number of thiazole rings is 1. The van der Waals surface area contributed by atoms with Gasteiger partial charge in [-0.15, -0.1) is 0 Å². The van der Waals surface area contributed by atoms with Crippen LogP contribution in [-0.2, 0) is 6.61 Å². The molecule has 0 radical (unpaired) electrons. The third-order valence-corrected chi connectivity index (χ3v) is 2.63. The van der Waals surface area contributed by atoms with Gasteiger partial charge >= 0.3 is 0 Å². The van der Waals surface area contributed by atoms with E-state index in [0.717, 1.165) is 15.7 Å². The van der Waals surface area contributed by atoms with E-state index < -0.39 is 0 Å². The highest BCUT2D eigenvalue weighted by Gasteiger charge is 2.00. The number of rotatable bonds is 3. The van der Waals surface area contributed by atoms with Crippen LogP contribution in [0.2, 0.25) is 0 Å². The van der Waals surface area contributed by atoms with Crippen LogP contribution in [-0.4, -0.2) is 10.1 Å². The molecule has 1 aromatic carbocycles. The molecule has 0 fully saturated rings. The second-order valence-corrected chi connectivity index (χ2v) is 3.90. The predicted octanol–water partition coefficient (Wildman–Crippen LogP) is 2.38. The third-order valence-electron chi connectivity index (χ3n) is 1.73. The SMILES string of the molecule is OCc1cnc(Nc2ccccc2)s1. The van der Waals surface area contributed by atoms with Crippen LogP contribution in [0.5, 0.6) is 0 Å². The molecule has 0 saturated heterocycles. The first-order valence-corrected chi connectivity index (χ1v) is 5.08. The molecule has 1 aromatic heterocycles. The van der Waals surface area contributed by atoms with E-state index in [1.807, 2.05) is 30.3 Å². The molecule has 0 aliphatic heterocycles. The zero-order chi connectivity index (χ0) is 9.80. The average Bonchev–Trinajstić information content (AvgIpc) is 2.67. The van der Waals surface area contributed by atoms with Crippen molar-refractivity contribution in [3.8, 4) is 0 Å². The number of hydrogen-bond acceptors (Lipinski definition) is 4. The van der Waals surface area contributed by atoms with Crippen LogP contribution in [0.4, 0.5) is 10.8 Å². The molecule has 0 aliphatic carbocycles. The fraction of sp³-hybridized carbons (Fsp3) is 0.100. The van der Waals surface area contributed by atoms with E-state index in [1.54, 1.807) is 6.20 Å². The molecular weight excluding hydrogens is 196 g/mol. The Morgan fingerprint density at radius 3 is 2.71 bits per heavy atom. The van der Waals surface area contributed by atoms with Crippen molar-refractivity contribution in [2.75, 3.05) is 5.32 Å². The number of aromatic nitrogens is 1. The van der Waals surface area contributed by atoms with E-state index in [4.69, 9.17) is 5.11 Å². The smallest absolute Gasteiger partial charge is 0.187 e. The summed E-state index contributed by atoms with van der Waals surface area (Å²) < 4.78 is 0. The fourth-order valence-electron chi connectivity index (χ4n) is 1.08. The minimum Gasteiger partial charge on any atom is -0.391 e. The molecule has 2 aromatic rings. The van der Waals surface area contributed by atoms with Crippen LogP contribution in [0.3, 0.4) is 0 Å². The molecule has 1 heterocycles. The highest BCUT2D eigenvalue weighted by atomic mass is 32.1. The normalized spacial score (nSPS) is 10.1. The quantitative estimate of drug-likeness (QED) is 0.810. The molecule has 3 nitrogen and oxygen atoms in total. The minimum atomic E-state index is 0.0497. The summed E-state index contributed by atoms with van der Waals surface area (Å²) in [6.45, 7) is 0.0497. The van der Waals surface area contributed by atoms with Crippen molar-refractivity contribution in [2.24, 2.45) is 0 Å². The zero-order valence-electron chi connectivity index (χ0n) is 7.47. The fourth-order valence-corrected chi connectivity index (χ4v) is 1.78. The highest BCUT2D eigenvalue weighted by Crippen LogP contribution is 2.21. The Hall–Kier alpha value is -1.39. The van der Waals surface area contributed by atoms with Gasteiger partial charge in [0.25, 0.3) is 0 Å². The largest absolute Gasteiger partial charge is 0.391 e. The van der Waals surface area contributed by atoms with Gasteiger partial charge in [0, 0.05) is 11.9 Å². The molecular formula is C10H10N2OS. The number of aliphatic hydroxyl groups excluding tert-OH is 1. The summed E-state index contributed by atoms with van der Waals surface area (Å²) in [5.74, 6) is 0. The van der Waals surface area contributed by atoms with E-state index in [2.05, 4.69) is 10.3 Å². The van der Waals surface area contributed by atoms with Crippen LogP contribution >= 0.6 is 11.3 Å². The first kappa shape index (κ1) is 9.18. The van der Waals surface area contributed by atoms with Gasteiger partial charge in [0.2, 0.25) is 0 Å². The molecule has 4 heteroatoms. The van der Waals surface area contributed by atoms with Gasteiger partial charge < -0.3 is 10.4 Å². The van der Waals surface area contributed by atoms with Gasteiger partial charge in [-0.05, 0) is 12.1 Å². The second kappa shape index (κ2) is 4.21. The van der Waals surface area contributed by atoms with E-state index in [-0.39, 0.29) is 6.61 Å². The van der Waals surface area contributed by atoms with Crippen molar-refractivity contribution in [2.45, 2.75) is 6.61 Å². The third kappa shape index (κ3) is 2.10. The molecule has 2 rings (SSSR count). The highest BCUT2D eigenvalue weighted by molar-refractivity contribution is 7.15. The van der Waals surface area contributed by atoms with Crippen LogP contribution in [0.1, 0.15) is 4.88 Å². The van der Waals surface area contributed by atoms with Crippen molar-refractivity contribution in [3.05, 3.63) is 41.4 Å². The first-order valence-electron chi connectivity index (χ1n) is 4.26. The molecule has 0 saturated carbocycles. The van der Waals surface area contributed by atoms with Crippen LogP contribution in [0, 0.1) is 0 Å². The molecule has 2 N–H and O–H groups in total. The summed E-state index contributed by atoms with van der Waals surface area (Å²) in [6, 6.07) is 9.83. The summed E-state index contributed by atoms with van der Waals surface area (Å²) >= 11 is 1.46. The van der Waals surface area contributed by atoms with Gasteiger partial charge in [-0.1, -0.05) is 29.5 Å². The van der Waals surface area contributed by atoms with Gasteiger partial charge in [-0.25, -0.2) is 4.98 Å². The summed E-state index contributed by atoms with van der Waals surface area (Å²) in [5.41, 5.74) is 1.01. The van der Waals surface area contributed by atoms with Gasteiger partial charge in [-0.2, -0.15) is 0 Å². The Kier molecular flexibility index (Phi) is 2.76. The lowest BCUT2D eigenvalue weighted by Gasteiger charge is -2.00. The zero-order valence-corrected chi connectivity index (χ0v) is 8.29. The number of hydrogen-bond donors (Lipinski definition) is 2. The Labute approximate surface area is 86.1 Å². The van der Waals surface area contributed by atoms with Crippen LogP contribution in [0.25, 0.3) is 0 Å². The molecule has 72 valence electrons. The Bertz CT molecular complexity index is 400. The summed E-state index contributed by atoms with van der Waals surface area (Å²) in [4.78, 5) is 4.99. The topological polar surface area (TPSA) is 45.2 Å². The molecule has 0 unspecified atom stereocenters. The number of anilines is 2. The minimum absolute atomic E-state index is 0.0497. The summed E-state index contributed by atoms with van der Waals surface area (Å²) in [6.07, 6.45) is 1.68. The Morgan fingerprint density at radius 1 is 1.29 bits per heavy atom. The standard InChI is InChI=1S/C10H10N2OS/c13-7-9-6-11-10(14-9)12-8-4-2-1-3-5-8/h1-6,13H,7H2,(H,11,12). The molecule has 0 atom stereocenters. The lowest BCUT2D eigenvalue weighted by molar-refractivity contribution is 0.285. The molecule has 14 heavy (non-hydrogen) atoms. The van der Waals surface area contributed by atoms with Gasteiger partial charge in [0.1, 0.15) is 0 Å². The molecule has 0 spiro atoms. The van der Waals surface area contributed by atoms with Crippen molar-refractivity contribution in [1.29, 1.82) is 0 Å². The summed E-state index contributed by atoms with van der Waals surface area (Å²) in [7, 11) is 0. The van der Waals surface area contributed by atoms with E-state index in [1.165, 1.54) is 11.3 Å².